The molecule has 6 nitrogen and oxygen atoms in total. The van der Waals surface area contributed by atoms with Crippen LogP contribution in [0, 0.1) is 5.41 Å². The summed E-state index contributed by atoms with van der Waals surface area (Å²) in [6, 6.07) is 2.15. The van der Waals surface area contributed by atoms with Gasteiger partial charge >= 0.3 is 0 Å². The van der Waals surface area contributed by atoms with Crippen LogP contribution in [0.15, 0.2) is 37.2 Å². The van der Waals surface area contributed by atoms with Crippen LogP contribution < -0.4 is 10.2 Å². The standard InChI is InChI=1S/C19H22N6/c1-5-23-18-17(15(11-24-18)14-9-21-13-22-10-14)16(1)25-7-3-19(4-8-25)2-6-20-12-19/h1,5,9-11,13,20H,2-4,6-8,12H2,(H,23,24). The van der Waals surface area contributed by atoms with E-state index >= 15 is 0 Å². The number of H-pyrrole nitrogens is 1. The van der Waals surface area contributed by atoms with Crippen LogP contribution in [-0.2, 0) is 0 Å². The molecule has 0 amide bonds. The molecule has 0 unspecified atom stereocenters. The van der Waals surface area contributed by atoms with E-state index in [0.29, 0.717) is 5.41 Å². The predicted octanol–water partition coefficient (Wildman–Crippen LogP) is 2.60. The summed E-state index contributed by atoms with van der Waals surface area (Å²) >= 11 is 0. The molecule has 128 valence electrons. The largest absolute Gasteiger partial charge is 0.371 e. The fraction of sp³-hybridized carbons (Fsp3) is 0.421. The number of hydrogen-bond donors (Lipinski definition) is 2. The lowest BCUT2D eigenvalue weighted by Crippen LogP contribution is -2.41. The molecule has 2 N–H and O–H groups in total. The Labute approximate surface area is 146 Å². The lowest BCUT2D eigenvalue weighted by molar-refractivity contribution is 0.247. The summed E-state index contributed by atoms with van der Waals surface area (Å²) in [5.74, 6) is 0. The molecule has 6 heteroatoms. The van der Waals surface area contributed by atoms with Gasteiger partial charge in [0.2, 0.25) is 0 Å². The van der Waals surface area contributed by atoms with E-state index in [-0.39, 0.29) is 0 Å². The van der Waals surface area contributed by atoms with Gasteiger partial charge in [-0.3, -0.25) is 0 Å². The van der Waals surface area contributed by atoms with E-state index in [4.69, 9.17) is 0 Å². The Bertz CT molecular complexity index is 871. The van der Waals surface area contributed by atoms with Crippen molar-refractivity contribution in [1.82, 2.24) is 25.3 Å². The van der Waals surface area contributed by atoms with E-state index in [9.17, 15) is 0 Å². The summed E-state index contributed by atoms with van der Waals surface area (Å²) in [6.45, 7) is 4.58. The van der Waals surface area contributed by atoms with Crippen LogP contribution in [0.5, 0.6) is 0 Å². The van der Waals surface area contributed by atoms with Gasteiger partial charge in [-0.15, -0.1) is 0 Å². The highest BCUT2D eigenvalue weighted by Gasteiger charge is 2.37. The fourth-order valence-corrected chi connectivity index (χ4v) is 4.41. The molecule has 2 fully saturated rings. The van der Waals surface area contributed by atoms with Crippen LogP contribution in [0.1, 0.15) is 19.3 Å². The Balaban J connectivity index is 1.52. The van der Waals surface area contributed by atoms with E-state index in [1.807, 2.05) is 24.8 Å². The lowest BCUT2D eigenvalue weighted by atomic mass is 9.77. The van der Waals surface area contributed by atoms with Gasteiger partial charge in [-0.05, 0) is 37.3 Å². The molecule has 0 saturated carbocycles. The molecule has 2 aliphatic rings. The second-order valence-electron chi connectivity index (χ2n) is 7.30. The molecule has 2 saturated heterocycles. The third-order valence-electron chi connectivity index (χ3n) is 5.92. The minimum absolute atomic E-state index is 0.525. The summed E-state index contributed by atoms with van der Waals surface area (Å²) in [4.78, 5) is 18.7. The van der Waals surface area contributed by atoms with Gasteiger partial charge in [-0.2, -0.15) is 0 Å². The predicted molar refractivity (Wildman–Crippen MR) is 98.5 cm³/mol. The number of nitrogens with zero attached hydrogens (tertiary/aromatic N) is 4. The molecule has 3 aromatic heterocycles. The molecule has 5 rings (SSSR count). The van der Waals surface area contributed by atoms with Crippen molar-refractivity contribution in [2.75, 3.05) is 31.1 Å². The zero-order chi connectivity index (χ0) is 16.7. The van der Waals surface area contributed by atoms with E-state index < -0.39 is 0 Å². The Hall–Kier alpha value is -2.47. The van der Waals surface area contributed by atoms with Gasteiger partial charge in [0.15, 0.2) is 0 Å². The van der Waals surface area contributed by atoms with Gasteiger partial charge in [-0.1, -0.05) is 0 Å². The first-order valence-corrected chi connectivity index (χ1v) is 9.02. The Kier molecular flexibility index (Phi) is 3.45. The topological polar surface area (TPSA) is 69.7 Å². The van der Waals surface area contributed by atoms with E-state index in [2.05, 4.69) is 36.2 Å². The minimum atomic E-state index is 0.525. The quantitative estimate of drug-likeness (QED) is 0.754. The van der Waals surface area contributed by atoms with Gasteiger partial charge in [0.05, 0.1) is 0 Å². The SMILES string of the molecule is c1ncc(-c2c[nH]c3nccc(N4CCC5(CCNC5)CC4)c23)cn1. The minimum Gasteiger partial charge on any atom is -0.371 e. The number of aromatic nitrogens is 4. The average Bonchev–Trinajstić information content (AvgIpc) is 3.30. The summed E-state index contributed by atoms with van der Waals surface area (Å²) < 4.78 is 0. The van der Waals surface area contributed by atoms with Gasteiger partial charge in [-0.25, -0.2) is 15.0 Å². The highest BCUT2D eigenvalue weighted by molar-refractivity contribution is 6.02. The number of fused-ring (bicyclic) bond motifs is 1. The first-order chi connectivity index (χ1) is 12.3. The van der Waals surface area contributed by atoms with Crippen molar-refractivity contribution in [3.63, 3.8) is 0 Å². The number of nitrogens with one attached hydrogen (secondary N) is 2. The maximum absolute atomic E-state index is 4.52. The molecule has 0 bridgehead atoms. The molecule has 2 aliphatic heterocycles. The smallest absolute Gasteiger partial charge is 0.139 e. The fourth-order valence-electron chi connectivity index (χ4n) is 4.41. The Morgan fingerprint density at radius 2 is 1.92 bits per heavy atom. The number of pyridine rings is 1. The van der Waals surface area contributed by atoms with Crippen LogP contribution in [0.4, 0.5) is 5.69 Å². The molecule has 0 aliphatic carbocycles. The van der Waals surface area contributed by atoms with Crippen molar-refractivity contribution >= 4 is 16.7 Å². The van der Waals surface area contributed by atoms with Crippen molar-refractivity contribution in [2.45, 2.75) is 19.3 Å². The van der Waals surface area contributed by atoms with Crippen molar-refractivity contribution in [3.8, 4) is 11.1 Å². The van der Waals surface area contributed by atoms with Gasteiger partial charge in [0.25, 0.3) is 0 Å². The molecule has 0 atom stereocenters. The normalized spacial score (nSPS) is 19.8. The van der Waals surface area contributed by atoms with Gasteiger partial charge in [0, 0.05) is 66.6 Å². The molecular weight excluding hydrogens is 312 g/mol. The number of anilines is 1. The van der Waals surface area contributed by atoms with Gasteiger partial charge in [0.1, 0.15) is 12.0 Å². The average molecular weight is 334 g/mol. The van der Waals surface area contributed by atoms with Gasteiger partial charge < -0.3 is 15.2 Å². The van der Waals surface area contributed by atoms with Crippen LogP contribution in [0.3, 0.4) is 0 Å². The third-order valence-corrected chi connectivity index (χ3v) is 5.92. The first-order valence-electron chi connectivity index (χ1n) is 9.02. The maximum Gasteiger partial charge on any atom is 0.139 e. The number of piperidine rings is 1. The summed E-state index contributed by atoms with van der Waals surface area (Å²) in [6.07, 6.45) is 13.1. The lowest BCUT2D eigenvalue weighted by Gasteiger charge is -2.40. The Morgan fingerprint density at radius 1 is 1.08 bits per heavy atom. The number of rotatable bonds is 2. The zero-order valence-corrected chi connectivity index (χ0v) is 14.2. The first kappa shape index (κ1) is 14.8. The summed E-state index contributed by atoms with van der Waals surface area (Å²) in [5, 5.41) is 4.72. The number of aromatic amines is 1. The van der Waals surface area contributed by atoms with Crippen LogP contribution in [0.2, 0.25) is 0 Å². The maximum atomic E-state index is 4.52. The highest BCUT2D eigenvalue weighted by Crippen LogP contribution is 2.41. The van der Waals surface area contributed by atoms with Crippen LogP contribution in [0.25, 0.3) is 22.2 Å². The molecule has 5 heterocycles. The van der Waals surface area contributed by atoms with Crippen molar-refractivity contribution in [2.24, 2.45) is 5.41 Å². The highest BCUT2D eigenvalue weighted by atomic mass is 15.1. The Morgan fingerprint density at radius 3 is 2.68 bits per heavy atom. The van der Waals surface area contributed by atoms with Crippen LogP contribution >= 0.6 is 0 Å². The second-order valence-corrected chi connectivity index (χ2v) is 7.30. The third kappa shape index (κ3) is 2.48. The molecule has 0 aromatic carbocycles. The molecule has 0 radical (unpaired) electrons. The van der Waals surface area contributed by atoms with Crippen LogP contribution in [-0.4, -0.2) is 46.1 Å². The monoisotopic (exact) mass is 334 g/mol. The molecule has 1 spiro atoms. The second kappa shape index (κ2) is 5.81. The van der Waals surface area contributed by atoms with Crippen molar-refractivity contribution < 1.29 is 0 Å². The van der Waals surface area contributed by atoms with E-state index in [1.165, 1.54) is 43.4 Å². The summed E-state index contributed by atoms with van der Waals surface area (Å²) in [7, 11) is 0. The number of hydrogen-bond acceptors (Lipinski definition) is 5. The molecule has 25 heavy (non-hydrogen) atoms. The van der Waals surface area contributed by atoms with E-state index in [1.54, 1.807) is 6.33 Å². The molecular formula is C19H22N6. The zero-order valence-electron chi connectivity index (χ0n) is 14.2. The molecule has 3 aromatic rings. The van der Waals surface area contributed by atoms with Crippen molar-refractivity contribution in [1.29, 1.82) is 0 Å². The van der Waals surface area contributed by atoms with E-state index in [0.717, 1.165) is 29.9 Å². The van der Waals surface area contributed by atoms with Crippen molar-refractivity contribution in [3.05, 3.63) is 37.2 Å². The summed E-state index contributed by atoms with van der Waals surface area (Å²) in [5.41, 5.74) is 4.87.